The molecule has 1 saturated carbocycles. The molecular formula is C32H44BrCl2N3O6S3. The topological polar surface area (TPSA) is 124 Å². The van der Waals surface area contributed by atoms with Crippen molar-refractivity contribution >= 4 is 82.2 Å². The van der Waals surface area contributed by atoms with E-state index in [2.05, 4.69) is 25.6 Å². The van der Waals surface area contributed by atoms with Gasteiger partial charge in [0.1, 0.15) is 14.6 Å². The van der Waals surface area contributed by atoms with Gasteiger partial charge in [0.05, 0.1) is 15.6 Å². The zero-order valence-corrected chi connectivity index (χ0v) is 31.9. The largest absolute Gasteiger partial charge is 0.480 e. The average Bonchev–Trinajstić information content (AvgIpc) is 3.40. The summed E-state index contributed by atoms with van der Waals surface area (Å²) in [6.07, 6.45) is 12.6. The Morgan fingerprint density at radius 3 is 2.09 bits per heavy atom. The summed E-state index contributed by atoms with van der Waals surface area (Å²) in [5, 5.41) is 10.1. The Bertz CT molecular complexity index is 1580. The number of nitrogens with one attached hydrogen (secondary N) is 1. The number of hydrogen-bond acceptors (Lipinski definition) is 7. The highest BCUT2D eigenvalue weighted by Crippen LogP contribution is 2.38. The van der Waals surface area contributed by atoms with Gasteiger partial charge in [-0.15, -0.1) is 11.3 Å². The lowest BCUT2D eigenvalue weighted by atomic mass is 9.85. The number of carboxylic acids is 1. The third-order valence-corrected chi connectivity index (χ3v) is 16.7. The first-order valence-electron chi connectivity index (χ1n) is 16.6. The molecule has 1 aromatic carbocycles. The number of rotatable bonds is 13. The van der Waals surface area contributed by atoms with E-state index >= 15 is 0 Å². The fourth-order valence-corrected chi connectivity index (χ4v) is 12.8. The molecule has 3 heterocycles. The third-order valence-electron chi connectivity index (χ3n) is 10.1. The maximum absolute atomic E-state index is 13.1. The van der Waals surface area contributed by atoms with Crippen LogP contribution in [0.5, 0.6) is 0 Å². The van der Waals surface area contributed by atoms with Gasteiger partial charge in [0.25, 0.3) is 10.0 Å². The van der Waals surface area contributed by atoms with Crippen LogP contribution < -0.4 is 9.62 Å². The van der Waals surface area contributed by atoms with Gasteiger partial charge in [-0.2, -0.15) is 9.03 Å². The SMILES string of the molecule is O=C(O)C(CC1CCCCC1)NS(=O)(=O)c1ccc(N2CCC(CCCC3CCN(S(=O)(=O)c4cc(Br)c(Cl)s4)CC3)CC2)c(Cl)c1. The molecular weight excluding hydrogens is 769 g/mol. The summed E-state index contributed by atoms with van der Waals surface area (Å²) in [7, 11) is -7.56. The number of nitrogens with zero attached hydrogens (tertiary/aromatic N) is 2. The predicted octanol–water partition coefficient (Wildman–Crippen LogP) is 8.01. The molecule has 47 heavy (non-hydrogen) atoms. The van der Waals surface area contributed by atoms with Gasteiger partial charge in [0.15, 0.2) is 0 Å². The second kappa shape index (κ2) is 16.4. The molecule has 15 heteroatoms. The highest BCUT2D eigenvalue weighted by atomic mass is 79.9. The molecule has 262 valence electrons. The summed E-state index contributed by atoms with van der Waals surface area (Å²) >= 11 is 17.1. The lowest BCUT2D eigenvalue weighted by Gasteiger charge is -2.35. The molecule has 9 nitrogen and oxygen atoms in total. The molecule has 2 aromatic rings. The van der Waals surface area contributed by atoms with Gasteiger partial charge in [-0.05, 0) is 90.1 Å². The molecule has 3 fully saturated rings. The van der Waals surface area contributed by atoms with Crippen LogP contribution in [0.4, 0.5) is 5.69 Å². The van der Waals surface area contributed by atoms with Gasteiger partial charge < -0.3 is 10.0 Å². The van der Waals surface area contributed by atoms with Gasteiger partial charge in [-0.1, -0.05) is 74.6 Å². The van der Waals surface area contributed by atoms with Crippen LogP contribution in [0.2, 0.25) is 9.36 Å². The van der Waals surface area contributed by atoms with E-state index in [4.69, 9.17) is 23.2 Å². The van der Waals surface area contributed by atoms with E-state index in [1.807, 2.05) is 0 Å². The summed E-state index contributed by atoms with van der Waals surface area (Å²) in [4.78, 5) is 14.1. The van der Waals surface area contributed by atoms with Crippen molar-refractivity contribution in [2.75, 3.05) is 31.1 Å². The summed E-state index contributed by atoms with van der Waals surface area (Å²) in [6, 6.07) is 5.09. The average molecular weight is 814 g/mol. The molecule has 0 amide bonds. The monoisotopic (exact) mass is 811 g/mol. The first kappa shape index (κ1) is 37.3. The fourth-order valence-electron chi connectivity index (χ4n) is 7.30. The van der Waals surface area contributed by atoms with Crippen molar-refractivity contribution in [3.8, 4) is 0 Å². The van der Waals surface area contributed by atoms with Crippen LogP contribution in [0.3, 0.4) is 0 Å². The number of piperidine rings is 2. The third kappa shape index (κ3) is 9.65. The minimum absolute atomic E-state index is 0.0246. The Hall–Kier alpha value is -0.930. The molecule has 1 aliphatic carbocycles. The smallest absolute Gasteiger partial charge is 0.321 e. The number of carboxylic acid groups (broad SMARTS) is 1. The second-order valence-corrected chi connectivity index (χ2v) is 20.1. The first-order chi connectivity index (χ1) is 22.3. The maximum Gasteiger partial charge on any atom is 0.321 e. The summed E-state index contributed by atoms with van der Waals surface area (Å²) in [5.74, 6) is 0.191. The van der Waals surface area contributed by atoms with Crippen molar-refractivity contribution in [3.63, 3.8) is 0 Å². The van der Waals surface area contributed by atoms with Gasteiger partial charge in [0, 0.05) is 30.7 Å². The highest BCUT2D eigenvalue weighted by Gasteiger charge is 2.32. The number of carbonyl (C=O) groups is 1. The highest BCUT2D eigenvalue weighted by molar-refractivity contribution is 9.10. The van der Waals surface area contributed by atoms with Crippen LogP contribution in [-0.4, -0.2) is 64.4 Å². The van der Waals surface area contributed by atoms with Crippen molar-refractivity contribution in [1.29, 1.82) is 0 Å². The quantitative estimate of drug-likeness (QED) is 0.210. The lowest BCUT2D eigenvalue weighted by Crippen LogP contribution is -2.42. The molecule has 2 aliphatic heterocycles. The number of aliphatic carboxylic acids is 1. The number of hydrogen-bond donors (Lipinski definition) is 2. The summed E-state index contributed by atoms with van der Waals surface area (Å²) in [6.45, 7) is 2.73. The van der Waals surface area contributed by atoms with E-state index in [1.165, 1.54) is 12.1 Å². The summed E-state index contributed by atoms with van der Waals surface area (Å²) < 4.78 is 57.6. The van der Waals surface area contributed by atoms with E-state index in [0.29, 0.717) is 45.2 Å². The van der Waals surface area contributed by atoms with E-state index in [-0.39, 0.29) is 15.0 Å². The van der Waals surface area contributed by atoms with Crippen molar-refractivity contribution in [2.24, 2.45) is 17.8 Å². The number of benzene rings is 1. The van der Waals surface area contributed by atoms with Crippen molar-refractivity contribution in [1.82, 2.24) is 9.03 Å². The lowest BCUT2D eigenvalue weighted by molar-refractivity contribution is -0.139. The number of sulfonamides is 2. The fraction of sp³-hybridized carbons (Fsp3) is 0.656. The van der Waals surface area contributed by atoms with E-state index < -0.39 is 32.1 Å². The molecule has 2 saturated heterocycles. The van der Waals surface area contributed by atoms with Crippen LogP contribution in [-0.2, 0) is 24.8 Å². The normalized spacial score (nSPS) is 20.4. The molecule has 1 aromatic heterocycles. The number of halogens is 3. The summed E-state index contributed by atoms with van der Waals surface area (Å²) in [5.41, 5.74) is 0.792. The zero-order valence-electron chi connectivity index (χ0n) is 26.4. The van der Waals surface area contributed by atoms with Crippen LogP contribution in [0.15, 0.2) is 37.8 Å². The Kier molecular flexibility index (Phi) is 13.0. The molecule has 5 rings (SSSR count). The second-order valence-electron chi connectivity index (χ2n) is 13.3. The van der Waals surface area contributed by atoms with Gasteiger partial charge in [-0.3, -0.25) is 4.79 Å². The molecule has 0 spiro atoms. The maximum atomic E-state index is 13.1. The minimum Gasteiger partial charge on any atom is -0.480 e. The Balaban J connectivity index is 1.05. The minimum atomic E-state index is -4.05. The molecule has 1 atom stereocenters. The van der Waals surface area contributed by atoms with Crippen LogP contribution in [0.1, 0.15) is 83.5 Å². The van der Waals surface area contributed by atoms with Crippen molar-refractivity contribution in [2.45, 2.75) is 98.6 Å². The van der Waals surface area contributed by atoms with Crippen LogP contribution in [0, 0.1) is 17.8 Å². The molecule has 1 unspecified atom stereocenters. The zero-order chi connectivity index (χ0) is 33.8. The molecule has 0 radical (unpaired) electrons. The van der Waals surface area contributed by atoms with E-state index in [1.54, 1.807) is 16.4 Å². The van der Waals surface area contributed by atoms with Crippen molar-refractivity contribution in [3.05, 3.63) is 38.1 Å². The number of anilines is 1. The standard InChI is InChI=1S/C32H44BrCl2N3O6S3/c33-26-21-30(45-31(26)35)47(43,44)38-17-13-23(14-18-38)8-4-7-22-11-15-37(16-12-22)29-10-9-25(20-27(29)34)46(41,42)36-28(32(39)40)19-24-5-2-1-3-6-24/h9-10,20-24,28,36H,1-8,11-19H2,(H,39,40). The Morgan fingerprint density at radius 2 is 1.53 bits per heavy atom. The van der Waals surface area contributed by atoms with E-state index in [9.17, 15) is 26.7 Å². The van der Waals surface area contributed by atoms with Crippen LogP contribution >= 0.6 is 50.5 Å². The predicted molar refractivity (Wildman–Crippen MR) is 192 cm³/mol. The molecule has 3 aliphatic rings. The Morgan fingerprint density at radius 1 is 0.915 bits per heavy atom. The van der Waals surface area contributed by atoms with Gasteiger partial charge >= 0.3 is 5.97 Å². The van der Waals surface area contributed by atoms with Crippen molar-refractivity contribution < 1.29 is 26.7 Å². The first-order valence-corrected chi connectivity index (χ1v) is 21.9. The molecule has 0 bridgehead atoms. The van der Waals surface area contributed by atoms with Crippen LogP contribution in [0.25, 0.3) is 0 Å². The van der Waals surface area contributed by atoms with E-state index in [0.717, 1.165) is 107 Å². The molecule has 2 N–H and O–H groups in total. The number of thiophene rings is 1. The van der Waals surface area contributed by atoms with Gasteiger partial charge in [-0.25, -0.2) is 16.8 Å². The Labute approximate surface area is 301 Å². The van der Waals surface area contributed by atoms with Gasteiger partial charge in [0.2, 0.25) is 10.0 Å².